The monoisotopic (exact) mass is 136 g/mol. The Bertz CT molecular complexity index is 90.2. The van der Waals surface area contributed by atoms with E-state index in [-0.39, 0.29) is 0 Å². The molecule has 54 valence electrons. The zero-order valence-corrected chi connectivity index (χ0v) is 5.39. The lowest BCUT2D eigenvalue weighted by atomic mass is 10.4. The highest BCUT2D eigenvalue weighted by molar-refractivity contribution is 5.74. The minimum Gasteiger partial charge on any atom is -0.467 e. The molecule has 0 aromatic heterocycles. The number of methoxy groups -OCH3 is 2. The average molecular weight is 136 g/mol. The molecule has 0 amide bonds. The van der Waals surface area contributed by atoms with Crippen LogP contribution in [0.3, 0.4) is 0 Å². The lowest BCUT2D eigenvalue weighted by molar-refractivity contribution is -0.153. The molecule has 0 fully saturated rings. The van der Waals surface area contributed by atoms with Gasteiger partial charge in [0.25, 0.3) is 0 Å². The van der Waals surface area contributed by atoms with Gasteiger partial charge in [-0.3, -0.25) is 0 Å². The first-order valence-corrected chi connectivity index (χ1v) is 2.42. The topological polar surface area (TPSA) is 35.5 Å². The molecule has 0 spiro atoms. The van der Waals surface area contributed by atoms with Crippen molar-refractivity contribution in [2.45, 2.75) is 6.10 Å². The van der Waals surface area contributed by atoms with Crippen molar-refractivity contribution in [3.05, 3.63) is 0 Å². The third kappa shape index (κ3) is 2.41. The Hall–Kier alpha value is -0.640. The minimum absolute atomic E-state index is 0.681. The Morgan fingerprint density at radius 1 is 1.67 bits per heavy atom. The van der Waals surface area contributed by atoms with Crippen molar-refractivity contribution in [1.29, 1.82) is 0 Å². The highest BCUT2D eigenvalue weighted by Crippen LogP contribution is 1.92. The molecule has 0 bridgehead atoms. The molecule has 1 unspecified atom stereocenters. The van der Waals surface area contributed by atoms with E-state index in [0.29, 0.717) is 0 Å². The smallest absolute Gasteiger partial charge is 0.337 e. The van der Waals surface area contributed by atoms with Crippen LogP contribution in [-0.4, -0.2) is 33.0 Å². The van der Waals surface area contributed by atoms with Gasteiger partial charge in [-0.25, -0.2) is 9.18 Å². The van der Waals surface area contributed by atoms with E-state index in [1.54, 1.807) is 0 Å². The van der Waals surface area contributed by atoms with E-state index in [1.807, 2.05) is 0 Å². The third-order valence-corrected chi connectivity index (χ3v) is 0.889. The maximum atomic E-state index is 11.7. The first kappa shape index (κ1) is 8.36. The molecule has 0 aromatic rings. The summed E-state index contributed by atoms with van der Waals surface area (Å²) in [7, 11) is 2.44. The van der Waals surface area contributed by atoms with Gasteiger partial charge < -0.3 is 9.47 Å². The molecule has 0 N–H and O–H groups in total. The van der Waals surface area contributed by atoms with E-state index >= 15 is 0 Å². The maximum absolute atomic E-state index is 11.7. The van der Waals surface area contributed by atoms with E-state index < -0.39 is 18.7 Å². The number of hydrogen-bond acceptors (Lipinski definition) is 3. The molecule has 4 heteroatoms. The quantitative estimate of drug-likeness (QED) is 0.518. The van der Waals surface area contributed by atoms with Gasteiger partial charge in [-0.15, -0.1) is 0 Å². The Kier molecular flexibility index (Phi) is 3.96. The second-order valence-electron chi connectivity index (χ2n) is 1.40. The van der Waals surface area contributed by atoms with Crippen molar-refractivity contribution < 1.29 is 18.7 Å². The summed E-state index contributed by atoms with van der Waals surface area (Å²) in [5.74, 6) is -0.681. The summed E-state index contributed by atoms with van der Waals surface area (Å²) in [5, 5.41) is 0. The molecule has 0 saturated carbocycles. The Labute approximate surface area is 52.8 Å². The van der Waals surface area contributed by atoms with Gasteiger partial charge >= 0.3 is 5.97 Å². The molecule has 3 nitrogen and oxygen atoms in total. The van der Waals surface area contributed by atoms with Crippen molar-refractivity contribution in [2.75, 3.05) is 20.9 Å². The van der Waals surface area contributed by atoms with Crippen LogP contribution in [0.25, 0.3) is 0 Å². The van der Waals surface area contributed by atoms with E-state index in [2.05, 4.69) is 9.47 Å². The molecule has 0 radical (unpaired) electrons. The molecule has 0 aliphatic carbocycles. The summed E-state index contributed by atoms with van der Waals surface area (Å²) in [6.07, 6.45) is -1.06. The minimum atomic E-state index is -1.06. The first-order valence-electron chi connectivity index (χ1n) is 2.42. The van der Waals surface area contributed by atoms with Gasteiger partial charge in [0.2, 0.25) is 0 Å². The van der Waals surface area contributed by atoms with Gasteiger partial charge in [0, 0.05) is 7.11 Å². The number of esters is 1. The van der Waals surface area contributed by atoms with Crippen LogP contribution in [0.2, 0.25) is 0 Å². The molecule has 1 atom stereocenters. The zero-order chi connectivity index (χ0) is 7.28. The summed E-state index contributed by atoms with van der Waals surface area (Å²) < 4.78 is 20.3. The number of carbonyl (C=O) groups is 1. The van der Waals surface area contributed by atoms with E-state index in [4.69, 9.17) is 0 Å². The van der Waals surface area contributed by atoms with Crippen molar-refractivity contribution in [3.8, 4) is 0 Å². The van der Waals surface area contributed by atoms with Gasteiger partial charge in [-0.1, -0.05) is 0 Å². The number of carbonyl (C=O) groups excluding carboxylic acids is 1. The van der Waals surface area contributed by atoms with Gasteiger partial charge in [0.1, 0.15) is 6.67 Å². The Morgan fingerprint density at radius 2 is 2.22 bits per heavy atom. The molecular formula is C5H9FO3. The zero-order valence-electron chi connectivity index (χ0n) is 5.39. The van der Waals surface area contributed by atoms with Crippen LogP contribution in [0.5, 0.6) is 0 Å². The molecule has 0 saturated heterocycles. The molecule has 0 aliphatic heterocycles. The molecule has 0 heterocycles. The van der Waals surface area contributed by atoms with Crippen LogP contribution in [0, 0.1) is 0 Å². The van der Waals surface area contributed by atoms with Crippen LogP contribution in [-0.2, 0) is 14.3 Å². The van der Waals surface area contributed by atoms with Gasteiger partial charge in [0.15, 0.2) is 6.10 Å². The van der Waals surface area contributed by atoms with E-state index in [0.717, 1.165) is 0 Å². The van der Waals surface area contributed by atoms with Crippen molar-refractivity contribution in [2.24, 2.45) is 0 Å². The highest BCUT2D eigenvalue weighted by atomic mass is 19.1. The fourth-order valence-corrected chi connectivity index (χ4v) is 0.354. The normalized spacial score (nSPS) is 12.8. The SMILES string of the molecule is COC(=O)C(CF)OC. The van der Waals surface area contributed by atoms with Crippen molar-refractivity contribution in [1.82, 2.24) is 0 Å². The molecule has 0 rings (SSSR count). The number of alkyl halides is 1. The molecular weight excluding hydrogens is 127 g/mol. The van der Waals surface area contributed by atoms with Crippen LogP contribution >= 0.6 is 0 Å². The first-order chi connectivity index (χ1) is 4.26. The third-order valence-electron chi connectivity index (χ3n) is 0.889. The predicted octanol–water partition coefficient (Wildman–Crippen LogP) is 0.144. The summed E-state index contributed by atoms with van der Waals surface area (Å²) in [6.45, 7) is -0.844. The van der Waals surface area contributed by atoms with Gasteiger partial charge in [0.05, 0.1) is 7.11 Å². The second-order valence-corrected chi connectivity index (χ2v) is 1.40. The molecule has 0 aliphatic rings. The highest BCUT2D eigenvalue weighted by Gasteiger charge is 2.16. The van der Waals surface area contributed by atoms with Crippen molar-refractivity contribution >= 4 is 5.97 Å². The van der Waals surface area contributed by atoms with Crippen LogP contribution in [0.1, 0.15) is 0 Å². The lowest BCUT2D eigenvalue weighted by Gasteiger charge is -2.06. The van der Waals surface area contributed by atoms with E-state index in [9.17, 15) is 9.18 Å². The predicted molar refractivity (Wildman–Crippen MR) is 28.8 cm³/mol. The number of ether oxygens (including phenoxy) is 2. The summed E-state index contributed by atoms with van der Waals surface area (Å²) >= 11 is 0. The number of halogens is 1. The lowest BCUT2D eigenvalue weighted by Crippen LogP contribution is -2.26. The molecule has 0 aromatic carbocycles. The van der Waals surface area contributed by atoms with Crippen LogP contribution in [0.15, 0.2) is 0 Å². The maximum Gasteiger partial charge on any atom is 0.337 e. The number of rotatable bonds is 3. The fourth-order valence-electron chi connectivity index (χ4n) is 0.354. The summed E-state index contributed by atoms with van der Waals surface area (Å²) in [5.41, 5.74) is 0. The van der Waals surface area contributed by atoms with Gasteiger partial charge in [-0.2, -0.15) is 0 Å². The van der Waals surface area contributed by atoms with Crippen LogP contribution < -0.4 is 0 Å². The van der Waals surface area contributed by atoms with Gasteiger partial charge in [-0.05, 0) is 0 Å². The number of hydrogen-bond donors (Lipinski definition) is 0. The van der Waals surface area contributed by atoms with Crippen molar-refractivity contribution in [3.63, 3.8) is 0 Å². The second kappa shape index (κ2) is 4.26. The standard InChI is InChI=1S/C5H9FO3/c1-8-4(3-6)5(7)9-2/h4H,3H2,1-2H3. The average Bonchev–Trinajstić information content (AvgIpc) is 1.90. The Balaban J connectivity index is 3.64. The summed E-state index contributed by atoms with van der Waals surface area (Å²) in [6, 6.07) is 0. The fraction of sp³-hybridized carbons (Fsp3) is 0.800. The van der Waals surface area contributed by atoms with Crippen LogP contribution in [0.4, 0.5) is 4.39 Å². The molecule has 9 heavy (non-hydrogen) atoms. The summed E-state index contributed by atoms with van der Waals surface area (Å²) in [4.78, 5) is 10.4. The van der Waals surface area contributed by atoms with E-state index in [1.165, 1.54) is 14.2 Å². The largest absolute Gasteiger partial charge is 0.467 e. The Morgan fingerprint density at radius 3 is 2.33 bits per heavy atom.